The number of ether oxygens (including phenoxy) is 1. The van der Waals surface area contributed by atoms with Crippen LogP contribution in [-0.4, -0.2) is 41.6 Å². The Bertz CT molecular complexity index is 1040. The second-order valence-electron chi connectivity index (χ2n) is 6.89. The molecule has 0 fully saturated rings. The quantitative estimate of drug-likeness (QED) is 0.716. The van der Waals surface area contributed by atoms with Crippen LogP contribution in [0.2, 0.25) is 0 Å². The van der Waals surface area contributed by atoms with Crippen LogP contribution < -0.4 is 10.2 Å². The molecule has 1 N–H and O–H groups in total. The molecule has 0 saturated carbocycles. The predicted octanol–water partition coefficient (Wildman–Crippen LogP) is 2.91. The van der Waals surface area contributed by atoms with Crippen LogP contribution in [0, 0.1) is 6.92 Å². The minimum Gasteiger partial charge on any atom is -0.383 e. The molecular formula is C21H22N4O3. The van der Waals surface area contributed by atoms with Crippen LogP contribution >= 0.6 is 0 Å². The summed E-state index contributed by atoms with van der Waals surface area (Å²) in [5.41, 5.74) is 3.43. The smallest absolute Gasteiger partial charge is 0.253 e. The van der Waals surface area contributed by atoms with E-state index in [-0.39, 0.29) is 18.2 Å². The molecule has 7 heteroatoms. The van der Waals surface area contributed by atoms with Gasteiger partial charge in [0.05, 0.1) is 30.6 Å². The number of fused-ring (bicyclic) bond motifs is 3. The number of amides is 2. The molecule has 0 bridgehead atoms. The van der Waals surface area contributed by atoms with E-state index in [4.69, 9.17) is 4.74 Å². The molecule has 144 valence electrons. The zero-order chi connectivity index (χ0) is 19.7. The average Bonchev–Trinajstić information content (AvgIpc) is 3.16. The Morgan fingerprint density at radius 1 is 1.21 bits per heavy atom. The minimum atomic E-state index is -0.621. The Balaban J connectivity index is 1.63. The molecule has 0 spiro atoms. The molecule has 2 heterocycles. The van der Waals surface area contributed by atoms with Crippen molar-refractivity contribution in [1.29, 1.82) is 0 Å². The lowest BCUT2D eigenvalue weighted by Crippen LogP contribution is -2.33. The van der Waals surface area contributed by atoms with E-state index in [0.29, 0.717) is 19.1 Å². The number of carbonyl (C=O) groups excluding carboxylic acids is 2. The van der Waals surface area contributed by atoms with Crippen LogP contribution in [-0.2, 0) is 14.3 Å². The number of hydrogen-bond acceptors (Lipinski definition) is 4. The molecule has 0 saturated heterocycles. The summed E-state index contributed by atoms with van der Waals surface area (Å²) in [5, 5.41) is 2.89. The van der Waals surface area contributed by atoms with Crippen LogP contribution in [0.25, 0.3) is 11.0 Å². The van der Waals surface area contributed by atoms with Crippen molar-refractivity contribution in [2.45, 2.75) is 19.4 Å². The van der Waals surface area contributed by atoms with Gasteiger partial charge < -0.3 is 10.1 Å². The van der Waals surface area contributed by atoms with Crippen molar-refractivity contribution in [2.75, 3.05) is 30.5 Å². The number of rotatable bonds is 6. The van der Waals surface area contributed by atoms with Gasteiger partial charge in [-0.3, -0.25) is 19.1 Å². The molecule has 0 radical (unpaired) electrons. The third kappa shape index (κ3) is 3.25. The third-order valence-corrected chi connectivity index (χ3v) is 4.88. The second-order valence-corrected chi connectivity index (χ2v) is 6.89. The van der Waals surface area contributed by atoms with Gasteiger partial charge in [0.2, 0.25) is 11.9 Å². The van der Waals surface area contributed by atoms with Gasteiger partial charge in [-0.1, -0.05) is 24.3 Å². The standard InChI is InChI=1S/C21H22N4O3/c1-14-6-5-7-15(12-14)22-19(26)13-18-20(27)24(10-11-28-2)21-23-16-8-3-4-9-17(16)25(18)21/h3-9,12,18H,10-11,13H2,1-2H3,(H,22,26)/t18-/m1/s1. The summed E-state index contributed by atoms with van der Waals surface area (Å²) >= 11 is 0. The van der Waals surface area contributed by atoms with E-state index in [0.717, 1.165) is 22.3 Å². The Hall–Kier alpha value is -3.19. The van der Waals surface area contributed by atoms with Crippen molar-refractivity contribution >= 4 is 34.5 Å². The molecule has 1 aliphatic rings. The Labute approximate surface area is 162 Å². The highest BCUT2D eigenvalue weighted by Crippen LogP contribution is 2.36. The fourth-order valence-electron chi connectivity index (χ4n) is 3.60. The van der Waals surface area contributed by atoms with Gasteiger partial charge in [-0.25, -0.2) is 4.98 Å². The van der Waals surface area contributed by atoms with Crippen molar-refractivity contribution in [3.05, 3.63) is 54.1 Å². The second kappa shape index (κ2) is 7.44. The van der Waals surface area contributed by atoms with Crippen LogP contribution in [0.3, 0.4) is 0 Å². The number of nitrogens with zero attached hydrogens (tertiary/aromatic N) is 3. The van der Waals surface area contributed by atoms with E-state index >= 15 is 0 Å². The van der Waals surface area contributed by atoms with E-state index in [9.17, 15) is 9.59 Å². The summed E-state index contributed by atoms with van der Waals surface area (Å²) in [6.07, 6.45) is 0.0452. The van der Waals surface area contributed by atoms with E-state index in [1.807, 2.05) is 60.0 Å². The molecule has 7 nitrogen and oxygen atoms in total. The third-order valence-electron chi connectivity index (χ3n) is 4.88. The summed E-state index contributed by atoms with van der Waals surface area (Å²) in [5.74, 6) is 0.225. The van der Waals surface area contributed by atoms with E-state index in [2.05, 4.69) is 10.3 Å². The number of nitrogens with one attached hydrogen (secondary N) is 1. The summed E-state index contributed by atoms with van der Waals surface area (Å²) in [4.78, 5) is 31.9. The summed E-state index contributed by atoms with van der Waals surface area (Å²) in [6.45, 7) is 2.76. The van der Waals surface area contributed by atoms with Crippen LogP contribution in [0.5, 0.6) is 0 Å². The molecule has 1 aromatic heterocycles. The first kappa shape index (κ1) is 18.2. The molecule has 3 aromatic rings. The molecular weight excluding hydrogens is 356 g/mol. The van der Waals surface area contributed by atoms with Crippen molar-refractivity contribution in [3.63, 3.8) is 0 Å². The van der Waals surface area contributed by atoms with Crippen molar-refractivity contribution in [1.82, 2.24) is 9.55 Å². The molecule has 4 rings (SSSR count). The topological polar surface area (TPSA) is 76.5 Å². The number of aromatic nitrogens is 2. The number of aryl methyl sites for hydroxylation is 1. The maximum atomic E-state index is 13.0. The van der Waals surface area contributed by atoms with Gasteiger partial charge in [-0.05, 0) is 36.8 Å². The number of hydrogen-bond donors (Lipinski definition) is 1. The predicted molar refractivity (Wildman–Crippen MR) is 107 cm³/mol. The minimum absolute atomic E-state index is 0.0452. The number of benzene rings is 2. The maximum Gasteiger partial charge on any atom is 0.253 e. The van der Waals surface area contributed by atoms with Crippen molar-refractivity contribution < 1.29 is 14.3 Å². The van der Waals surface area contributed by atoms with E-state index < -0.39 is 6.04 Å². The molecule has 2 amide bonds. The normalized spacial score (nSPS) is 15.9. The van der Waals surface area contributed by atoms with Crippen LogP contribution in [0.1, 0.15) is 18.0 Å². The summed E-state index contributed by atoms with van der Waals surface area (Å²) < 4.78 is 7.00. The first-order valence-electron chi connectivity index (χ1n) is 9.22. The summed E-state index contributed by atoms with van der Waals surface area (Å²) in [7, 11) is 1.59. The van der Waals surface area contributed by atoms with Crippen molar-refractivity contribution in [3.8, 4) is 0 Å². The SMILES string of the molecule is COCCN1C(=O)[C@@H](CC(=O)Nc2cccc(C)c2)n2c1nc1ccccc12. The maximum absolute atomic E-state index is 13.0. The van der Waals surface area contributed by atoms with Crippen LogP contribution in [0.15, 0.2) is 48.5 Å². The molecule has 2 aromatic carbocycles. The zero-order valence-electron chi connectivity index (χ0n) is 15.9. The van der Waals surface area contributed by atoms with Crippen LogP contribution in [0.4, 0.5) is 11.6 Å². The Kier molecular flexibility index (Phi) is 4.83. The van der Waals surface area contributed by atoms with E-state index in [1.165, 1.54) is 0 Å². The highest BCUT2D eigenvalue weighted by atomic mass is 16.5. The molecule has 0 aliphatic carbocycles. The summed E-state index contributed by atoms with van der Waals surface area (Å²) in [6, 6.07) is 14.6. The lowest BCUT2D eigenvalue weighted by Gasteiger charge is -2.15. The number of carbonyl (C=O) groups is 2. The Morgan fingerprint density at radius 3 is 2.82 bits per heavy atom. The molecule has 28 heavy (non-hydrogen) atoms. The highest BCUT2D eigenvalue weighted by molar-refractivity contribution is 6.05. The highest BCUT2D eigenvalue weighted by Gasteiger charge is 2.40. The van der Waals surface area contributed by atoms with Gasteiger partial charge in [0.1, 0.15) is 6.04 Å². The first-order chi connectivity index (χ1) is 13.6. The van der Waals surface area contributed by atoms with Gasteiger partial charge in [-0.2, -0.15) is 0 Å². The number of para-hydroxylation sites is 2. The lowest BCUT2D eigenvalue weighted by molar-refractivity contribution is -0.124. The fraction of sp³-hybridized carbons (Fsp3) is 0.286. The first-order valence-corrected chi connectivity index (χ1v) is 9.22. The average molecular weight is 378 g/mol. The molecule has 0 unspecified atom stereocenters. The molecule has 1 atom stereocenters. The van der Waals surface area contributed by atoms with Crippen molar-refractivity contribution in [2.24, 2.45) is 0 Å². The largest absolute Gasteiger partial charge is 0.383 e. The van der Waals surface area contributed by atoms with Gasteiger partial charge >= 0.3 is 0 Å². The van der Waals surface area contributed by atoms with Gasteiger partial charge in [-0.15, -0.1) is 0 Å². The van der Waals surface area contributed by atoms with E-state index in [1.54, 1.807) is 12.0 Å². The number of imidazole rings is 1. The lowest BCUT2D eigenvalue weighted by atomic mass is 10.1. The van der Waals surface area contributed by atoms with Gasteiger partial charge in [0.15, 0.2) is 0 Å². The van der Waals surface area contributed by atoms with Gasteiger partial charge in [0.25, 0.3) is 5.91 Å². The number of methoxy groups -OCH3 is 1. The fourth-order valence-corrected chi connectivity index (χ4v) is 3.60. The molecule has 1 aliphatic heterocycles. The Morgan fingerprint density at radius 2 is 2.04 bits per heavy atom. The zero-order valence-corrected chi connectivity index (χ0v) is 15.9. The monoisotopic (exact) mass is 378 g/mol. The van der Waals surface area contributed by atoms with Gasteiger partial charge in [0, 0.05) is 12.8 Å². The number of anilines is 2.